The topological polar surface area (TPSA) is 69.7 Å². The van der Waals surface area contributed by atoms with Gasteiger partial charge < -0.3 is 9.80 Å². The van der Waals surface area contributed by atoms with Crippen LogP contribution >= 0.6 is 0 Å². The Bertz CT molecular complexity index is 731. The van der Waals surface area contributed by atoms with Crippen LogP contribution in [0, 0.1) is 11.8 Å². The molecule has 4 rings (SSSR count). The predicted molar refractivity (Wildman–Crippen MR) is 115 cm³/mol. The minimum Gasteiger partial charge on any atom is -0.338 e. The second-order valence-corrected chi connectivity index (χ2v) is 12.2. The average molecular weight is 444 g/mol. The van der Waals surface area contributed by atoms with Crippen molar-refractivity contribution in [3.8, 4) is 0 Å². The zero-order valence-electron chi connectivity index (χ0n) is 18.4. The molecule has 1 saturated heterocycles. The van der Waals surface area contributed by atoms with Gasteiger partial charge in [-0.3, -0.25) is 4.79 Å². The van der Waals surface area contributed by atoms with Gasteiger partial charge in [-0.05, 0) is 77.3 Å². The van der Waals surface area contributed by atoms with E-state index in [4.69, 9.17) is 0 Å². The number of nitrogens with one attached hydrogen (secondary N) is 1. The minimum atomic E-state index is -3.50. The lowest BCUT2D eigenvalue weighted by atomic mass is 9.68. The molecule has 1 amide bonds. The predicted octanol–water partition coefficient (Wildman–Crippen LogP) is 2.69. The Labute approximate surface area is 181 Å². The summed E-state index contributed by atoms with van der Waals surface area (Å²) in [6.45, 7) is 0.386. The van der Waals surface area contributed by atoms with Gasteiger partial charge in [0.2, 0.25) is 15.9 Å². The van der Waals surface area contributed by atoms with Crippen molar-refractivity contribution in [2.24, 2.45) is 11.8 Å². The van der Waals surface area contributed by atoms with Crippen LogP contribution in [0.3, 0.4) is 0 Å². The molecule has 1 N–H and O–H groups in total. The van der Waals surface area contributed by atoms with Crippen LogP contribution in [0.2, 0.25) is 0 Å². The number of alkyl halides is 1. The summed E-state index contributed by atoms with van der Waals surface area (Å²) in [6.07, 6.45) is 7.94. The van der Waals surface area contributed by atoms with Gasteiger partial charge in [-0.2, -0.15) is 0 Å². The number of sulfonamides is 1. The van der Waals surface area contributed by atoms with E-state index in [9.17, 15) is 17.6 Å². The number of amides is 1. The van der Waals surface area contributed by atoms with Gasteiger partial charge in [-0.25, -0.2) is 17.5 Å². The molecule has 0 aromatic heterocycles. The molecule has 1 heterocycles. The van der Waals surface area contributed by atoms with Crippen molar-refractivity contribution in [3.63, 3.8) is 0 Å². The smallest absolute Gasteiger partial charge is 0.224 e. The van der Waals surface area contributed by atoms with E-state index in [0.29, 0.717) is 37.8 Å². The van der Waals surface area contributed by atoms with E-state index in [1.807, 2.05) is 0 Å². The van der Waals surface area contributed by atoms with Gasteiger partial charge in [-0.15, -0.1) is 0 Å². The number of hydrogen-bond acceptors (Lipinski definition) is 4. The molecule has 3 aliphatic carbocycles. The van der Waals surface area contributed by atoms with Crippen molar-refractivity contribution in [2.75, 3.05) is 20.6 Å². The van der Waals surface area contributed by atoms with E-state index in [1.54, 1.807) is 4.90 Å². The van der Waals surface area contributed by atoms with Gasteiger partial charge in [0, 0.05) is 31.1 Å². The highest BCUT2D eigenvalue weighted by Crippen LogP contribution is 2.44. The normalized spacial score (nSPS) is 40.6. The van der Waals surface area contributed by atoms with E-state index < -0.39 is 16.2 Å². The van der Waals surface area contributed by atoms with Crippen LogP contribution < -0.4 is 4.72 Å². The Morgan fingerprint density at radius 3 is 2.43 bits per heavy atom. The van der Waals surface area contributed by atoms with Gasteiger partial charge in [0.25, 0.3) is 0 Å². The van der Waals surface area contributed by atoms with Gasteiger partial charge in [0.15, 0.2) is 0 Å². The van der Waals surface area contributed by atoms with Gasteiger partial charge in [-0.1, -0.05) is 12.8 Å². The molecule has 4 aliphatic rings. The number of nitrogens with zero attached hydrogens (tertiary/aromatic N) is 2. The van der Waals surface area contributed by atoms with E-state index in [-0.39, 0.29) is 35.6 Å². The molecule has 1 aliphatic heterocycles. The summed E-state index contributed by atoms with van der Waals surface area (Å²) >= 11 is 0. The lowest BCUT2D eigenvalue weighted by Gasteiger charge is -2.47. The first-order chi connectivity index (χ1) is 14.3. The van der Waals surface area contributed by atoms with Crippen LogP contribution in [-0.4, -0.2) is 74.3 Å². The minimum absolute atomic E-state index is 0.0336. The molecule has 0 spiro atoms. The van der Waals surface area contributed by atoms with Crippen LogP contribution in [0.5, 0.6) is 0 Å². The van der Waals surface area contributed by atoms with Gasteiger partial charge in [0.05, 0.1) is 5.25 Å². The number of carbonyl (C=O) groups is 1. The van der Waals surface area contributed by atoms with Crippen LogP contribution in [0.1, 0.15) is 70.6 Å². The zero-order chi connectivity index (χ0) is 21.5. The molecule has 0 aromatic carbocycles. The van der Waals surface area contributed by atoms with Crippen LogP contribution in [0.4, 0.5) is 4.39 Å². The van der Waals surface area contributed by atoms with E-state index in [2.05, 4.69) is 23.7 Å². The molecule has 0 bridgehead atoms. The molecule has 8 heteroatoms. The molecular weight excluding hydrogens is 405 g/mol. The van der Waals surface area contributed by atoms with Gasteiger partial charge >= 0.3 is 0 Å². The highest BCUT2D eigenvalue weighted by molar-refractivity contribution is 7.90. The van der Waals surface area contributed by atoms with Gasteiger partial charge in [0.1, 0.15) is 6.17 Å². The molecular formula is C22H38FN3O3S. The first-order valence-electron chi connectivity index (χ1n) is 11.9. The van der Waals surface area contributed by atoms with Crippen molar-refractivity contribution in [3.05, 3.63) is 0 Å². The van der Waals surface area contributed by atoms with Crippen molar-refractivity contribution in [1.82, 2.24) is 14.5 Å². The number of rotatable bonds is 5. The Kier molecular flexibility index (Phi) is 6.76. The maximum Gasteiger partial charge on any atom is 0.224 e. The molecule has 172 valence electrons. The summed E-state index contributed by atoms with van der Waals surface area (Å²) in [5, 5.41) is -0.354. The van der Waals surface area contributed by atoms with Crippen molar-refractivity contribution in [2.45, 2.75) is 100 Å². The first-order valence-corrected chi connectivity index (χ1v) is 13.4. The molecule has 6 nitrogen and oxygen atoms in total. The highest BCUT2D eigenvalue weighted by atomic mass is 32.2. The van der Waals surface area contributed by atoms with Crippen molar-refractivity contribution in [1.29, 1.82) is 0 Å². The molecule has 7 atom stereocenters. The molecule has 30 heavy (non-hydrogen) atoms. The molecule has 0 aromatic rings. The lowest BCUT2D eigenvalue weighted by Crippen LogP contribution is -2.53. The number of carbonyl (C=O) groups excluding carboxylic acids is 1. The molecule has 7 unspecified atom stereocenters. The molecule has 4 fully saturated rings. The standard InChI is InChI=1S/C22H38FN3O3S/c1-25(2)20-10-4-9-19-18(20)8-5-11-21(19)30(28,29)24-16-13-22(27)26(14-16)17-7-3-6-15(23)12-17/h15-21,24H,3-14H2,1-2H3. The lowest BCUT2D eigenvalue weighted by molar-refractivity contribution is -0.130. The summed E-state index contributed by atoms with van der Waals surface area (Å²) in [4.78, 5) is 16.6. The summed E-state index contributed by atoms with van der Waals surface area (Å²) in [7, 11) is 0.717. The van der Waals surface area contributed by atoms with Crippen LogP contribution in [-0.2, 0) is 14.8 Å². The number of fused-ring (bicyclic) bond motifs is 1. The molecule has 0 radical (unpaired) electrons. The first kappa shape index (κ1) is 22.5. The quantitative estimate of drug-likeness (QED) is 0.709. The van der Waals surface area contributed by atoms with E-state index in [0.717, 1.165) is 44.9 Å². The monoisotopic (exact) mass is 443 g/mol. The zero-order valence-corrected chi connectivity index (χ0v) is 19.2. The summed E-state index contributed by atoms with van der Waals surface area (Å²) in [5.41, 5.74) is 0. The largest absolute Gasteiger partial charge is 0.338 e. The SMILES string of the molecule is CN(C)C1CCCC2C1CCCC2S(=O)(=O)NC1CC(=O)N(C2CCCC(F)C2)C1. The summed E-state index contributed by atoms with van der Waals surface area (Å²) < 4.78 is 43.5. The molecule has 3 saturated carbocycles. The van der Waals surface area contributed by atoms with Crippen LogP contribution in [0.15, 0.2) is 0 Å². The van der Waals surface area contributed by atoms with E-state index >= 15 is 0 Å². The number of hydrogen-bond donors (Lipinski definition) is 1. The maximum absolute atomic E-state index is 13.8. The average Bonchev–Trinajstić information content (AvgIpc) is 3.06. The fourth-order valence-corrected chi connectivity index (χ4v) is 8.88. The highest BCUT2D eigenvalue weighted by Gasteiger charge is 2.47. The Morgan fingerprint density at radius 2 is 1.70 bits per heavy atom. The number of likely N-dealkylation sites (tertiary alicyclic amines) is 1. The summed E-state index contributed by atoms with van der Waals surface area (Å²) in [5.74, 6) is 0.611. The second-order valence-electron chi connectivity index (χ2n) is 10.3. The number of halogens is 1. The van der Waals surface area contributed by atoms with E-state index in [1.165, 1.54) is 0 Å². The Balaban J connectivity index is 1.42. The second kappa shape index (κ2) is 9.02. The van der Waals surface area contributed by atoms with Crippen molar-refractivity contribution < 1.29 is 17.6 Å². The van der Waals surface area contributed by atoms with Crippen LogP contribution in [0.25, 0.3) is 0 Å². The Hall–Kier alpha value is -0.730. The third-order valence-corrected chi connectivity index (χ3v) is 10.2. The fraction of sp³-hybridized carbons (Fsp3) is 0.955. The fourth-order valence-electron chi connectivity index (χ4n) is 6.81. The third kappa shape index (κ3) is 4.56. The maximum atomic E-state index is 13.8. The van der Waals surface area contributed by atoms with Crippen molar-refractivity contribution >= 4 is 15.9 Å². The third-order valence-electron chi connectivity index (χ3n) is 8.16. The summed E-state index contributed by atoms with van der Waals surface area (Å²) in [6, 6.07) is 0.00959. The Morgan fingerprint density at radius 1 is 1.00 bits per heavy atom.